The molecule has 0 radical (unpaired) electrons. The van der Waals surface area contributed by atoms with Crippen LogP contribution in [0.5, 0.6) is 11.5 Å². The van der Waals surface area contributed by atoms with E-state index in [0.717, 1.165) is 34.1 Å². The molecule has 0 unspecified atom stereocenters. The lowest BCUT2D eigenvalue weighted by Crippen LogP contribution is -2.03. The van der Waals surface area contributed by atoms with Crippen molar-refractivity contribution >= 4 is 11.8 Å². The van der Waals surface area contributed by atoms with Gasteiger partial charge in [-0.25, -0.2) is 4.98 Å². The van der Waals surface area contributed by atoms with E-state index in [-0.39, 0.29) is 0 Å². The van der Waals surface area contributed by atoms with Crippen molar-refractivity contribution in [2.45, 2.75) is 10.9 Å². The van der Waals surface area contributed by atoms with Crippen LogP contribution >= 0.6 is 11.8 Å². The van der Waals surface area contributed by atoms with Gasteiger partial charge in [-0.15, -0.1) is 0 Å². The molecule has 6 nitrogen and oxygen atoms in total. The summed E-state index contributed by atoms with van der Waals surface area (Å²) >= 11 is 1.43. The maximum absolute atomic E-state index is 11.7. The predicted octanol–water partition coefficient (Wildman–Crippen LogP) is 4.50. The number of aromatic nitrogens is 2. The van der Waals surface area contributed by atoms with E-state index >= 15 is 0 Å². The molecular weight excluding hydrogens is 388 g/mol. The summed E-state index contributed by atoms with van der Waals surface area (Å²) < 4.78 is 12.9. The average molecular weight is 406 g/mol. The molecular formula is C22H18N2O4S. The van der Waals surface area contributed by atoms with Gasteiger partial charge in [0.2, 0.25) is 5.43 Å². The van der Waals surface area contributed by atoms with Gasteiger partial charge in [-0.1, -0.05) is 54.2 Å². The van der Waals surface area contributed by atoms with Gasteiger partial charge in [0.05, 0.1) is 30.4 Å². The molecule has 2 aromatic heterocycles. The minimum Gasteiger partial charge on any atom is -0.502 e. The number of thioether (sulfide) groups is 1. The zero-order valence-electron chi connectivity index (χ0n) is 15.6. The minimum atomic E-state index is -0.468. The molecule has 4 aromatic rings. The molecule has 0 aliphatic rings. The van der Waals surface area contributed by atoms with E-state index in [1.807, 2.05) is 65.4 Å². The third kappa shape index (κ3) is 3.90. The first-order valence-electron chi connectivity index (χ1n) is 8.87. The summed E-state index contributed by atoms with van der Waals surface area (Å²) in [6.07, 6.45) is 2.87. The lowest BCUT2D eigenvalue weighted by Gasteiger charge is -2.15. The Labute approximate surface area is 171 Å². The number of aromatic hydroxyl groups is 1. The molecule has 7 heteroatoms. The maximum Gasteiger partial charge on any atom is 0.226 e. The summed E-state index contributed by atoms with van der Waals surface area (Å²) in [5.41, 5.74) is 2.34. The molecule has 2 aromatic carbocycles. The molecule has 0 aliphatic heterocycles. The molecule has 2 heterocycles. The fourth-order valence-electron chi connectivity index (χ4n) is 2.95. The van der Waals surface area contributed by atoms with E-state index in [0.29, 0.717) is 11.5 Å². The van der Waals surface area contributed by atoms with Gasteiger partial charge in [0.15, 0.2) is 10.9 Å². The smallest absolute Gasteiger partial charge is 0.226 e. The van der Waals surface area contributed by atoms with Gasteiger partial charge in [0.1, 0.15) is 17.8 Å². The summed E-state index contributed by atoms with van der Waals surface area (Å²) in [6, 6.07) is 19.0. The summed E-state index contributed by atoms with van der Waals surface area (Å²) in [6.45, 7) is 0. The third-order valence-corrected chi connectivity index (χ3v) is 5.31. The van der Waals surface area contributed by atoms with Crippen LogP contribution in [0.25, 0.3) is 16.9 Å². The van der Waals surface area contributed by atoms with Crippen molar-refractivity contribution in [1.82, 2.24) is 9.55 Å². The maximum atomic E-state index is 11.7. The van der Waals surface area contributed by atoms with Crippen LogP contribution in [0.3, 0.4) is 0 Å². The van der Waals surface area contributed by atoms with Gasteiger partial charge >= 0.3 is 0 Å². The van der Waals surface area contributed by atoms with Crippen LogP contribution in [0, 0.1) is 0 Å². The summed E-state index contributed by atoms with van der Waals surface area (Å²) in [7, 11) is 1.63. The number of rotatable bonds is 6. The number of nitrogens with zero attached hydrogens (tertiary/aromatic N) is 2. The predicted molar refractivity (Wildman–Crippen MR) is 112 cm³/mol. The second-order valence-corrected chi connectivity index (χ2v) is 7.13. The van der Waals surface area contributed by atoms with Crippen LogP contribution in [-0.4, -0.2) is 21.8 Å². The molecule has 0 bridgehead atoms. The Balaban J connectivity index is 1.77. The summed E-state index contributed by atoms with van der Waals surface area (Å²) in [5, 5.41) is 10.1. The highest BCUT2D eigenvalue weighted by atomic mass is 32.2. The van der Waals surface area contributed by atoms with E-state index < -0.39 is 11.2 Å². The van der Waals surface area contributed by atoms with Gasteiger partial charge < -0.3 is 14.3 Å². The fourth-order valence-corrected chi connectivity index (χ4v) is 3.83. The normalized spacial score (nSPS) is 10.8. The number of para-hydroxylation sites is 2. The summed E-state index contributed by atoms with van der Waals surface area (Å²) in [5.74, 6) is 1.16. The molecule has 1 N–H and O–H groups in total. The topological polar surface area (TPSA) is 77.5 Å². The van der Waals surface area contributed by atoms with Crippen LogP contribution in [0.4, 0.5) is 0 Å². The van der Waals surface area contributed by atoms with Crippen molar-refractivity contribution in [3.8, 4) is 28.4 Å². The van der Waals surface area contributed by atoms with Gasteiger partial charge in [-0.05, 0) is 12.1 Å². The Morgan fingerprint density at radius 1 is 1.14 bits per heavy atom. The van der Waals surface area contributed by atoms with Gasteiger partial charge in [0.25, 0.3) is 0 Å². The monoisotopic (exact) mass is 406 g/mol. The molecule has 0 saturated carbocycles. The van der Waals surface area contributed by atoms with E-state index in [9.17, 15) is 9.90 Å². The lowest BCUT2D eigenvalue weighted by atomic mass is 10.1. The molecule has 29 heavy (non-hydrogen) atoms. The third-order valence-electron chi connectivity index (χ3n) is 4.34. The first-order chi connectivity index (χ1) is 14.2. The molecule has 0 aliphatic carbocycles. The number of methoxy groups -OCH3 is 1. The fraction of sp³-hybridized carbons (Fsp3) is 0.0909. The van der Waals surface area contributed by atoms with Crippen LogP contribution in [0.2, 0.25) is 0 Å². The minimum absolute atomic E-state index is 0.385. The zero-order chi connectivity index (χ0) is 20.2. The van der Waals surface area contributed by atoms with Crippen LogP contribution in [-0.2, 0) is 5.75 Å². The standard InChI is InChI=1S/C22H18N2O4S/c1-27-21-10-6-5-9-17(21)24-18(15-7-3-2-4-8-15)12-23-22(24)29-14-16-11-19(25)20(26)13-28-16/h2-13,26H,14H2,1H3. The number of ether oxygens (including phenoxy) is 1. The lowest BCUT2D eigenvalue weighted by molar-refractivity contribution is 0.412. The van der Waals surface area contributed by atoms with Crippen molar-refractivity contribution < 1.29 is 14.3 Å². The van der Waals surface area contributed by atoms with Gasteiger partial charge in [-0.3, -0.25) is 9.36 Å². The quantitative estimate of drug-likeness (QED) is 0.475. The largest absolute Gasteiger partial charge is 0.502 e. The number of hydrogen-bond acceptors (Lipinski definition) is 6. The van der Waals surface area contributed by atoms with Crippen molar-refractivity contribution in [3.05, 3.63) is 89.1 Å². The van der Waals surface area contributed by atoms with E-state index in [4.69, 9.17) is 9.15 Å². The summed E-state index contributed by atoms with van der Waals surface area (Å²) in [4.78, 5) is 16.3. The highest BCUT2D eigenvalue weighted by Crippen LogP contribution is 2.34. The van der Waals surface area contributed by atoms with E-state index in [1.54, 1.807) is 7.11 Å². The first-order valence-corrected chi connectivity index (χ1v) is 9.86. The Morgan fingerprint density at radius 2 is 1.90 bits per heavy atom. The first kappa shape index (κ1) is 18.9. The number of hydrogen-bond donors (Lipinski definition) is 1. The second-order valence-electron chi connectivity index (χ2n) is 6.18. The highest BCUT2D eigenvalue weighted by Gasteiger charge is 2.17. The van der Waals surface area contributed by atoms with Crippen molar-refractivity contribution in [3.63, 3.8) is 0 Å². The second kappa shape index (κ2) is 8.28. The number of imidazole rings is 1. The van der Waals surface area contributed by atoms with Crippen LogP contribution < -0.4 is 10.2 Å². The highest BCUT2D eigenvalue weighted by molar-refractivity contribution is 7.98. The molecule has 0 fully saturated rings. The van der Waals surface area contributed by atoms with E-state index in [1.165, 1.54) is 17.8 Å². The average Bonchev–Trinajstić information content (AvgIpc) is 3.19. The van der Waals surface area contributed by atoms with Gasteiger partial charge in [-0.2, -0.15) is 0 Å². The van der Waals surface area contributed by atoms with E-state index in [2.05, 4.69) is 4.98 Å². The SMILES string of the molecule is COc1ccccc1-n1c(-c2ccccc2)cnc1SCc1cc(=O)c(O)co1. The van der Waals surface area contributed by atoms with Crippen LogP contribution in [0.1, 0.15) is 5.76 Å². The van der Waals surface area contributed by atoms with Gasteiger partial charge in [0, 0.05) is 11.6 Å². The molecule has 4 rings (SSSR count). The number of benzene rings is 2. The molecule has 0 amide bonds. The van der Waals surface area contributed by atoms with Crippen molar-refractivity contribution in [2.24, 2.45) is 0 Å². The molecule has 0 saturated heterocycles. The van der Waals surface area contributed by atoms with Crippen LogP contribution in [0.15, 0.2) is 87.5 Å². The Kier molecular flexibility index (Phi) is 5.39. The molecule has 0 atom stereocenters. The Bertz CT molecular complexity index is 1180. The Morgan fingerprint density at radius 3 is 2.66 bits per heavy atom. The van der Waals surface area contributed by atoms with Crippen molar-refractivity contribution in [1.29, 1.82) is 0 Å². The Hall–Kier alpha value is -3.45. The molecule has 146 valence electrons. The van der Waals surface area contributed by atoms with Crippen molar-refractivity contribution in [2.75, 3.05) is 7.11 Å². The molecule has 0 spiro atoms. The zero-order valence-corrected chi connectivity index (χ0v) is 16.4.